The number of hydrogen-bond acceptors (Lipinski definition) is 2. The van der Waals surface area contributed by atoms with E-state index in [4.69, 9.17) is 0 Å². The van der Waals surface area contributed by atoms with Gasteiger partial charge in [-0.25, -0.2) is 0 Å². The van der Waals surface area contributed by atoms with Gasteiger partial charge in [0.1, 0.15) is 0 Å². The van der Waals surface area contributed by atoms with Crippen LogP contribution in [-0.2, 0) is 9.59 Å². The minimum atomic E-state index is -0.0243. The number of aryl methyl sites for hydroxylation is 1. The molecule has 0 bridgehead atoms. The van der Waals surface area contributed by atoms with Gasteiger partial charge in [-0.15, -0.1) is 0 Å². The lowest BCUT2D eigenvalue weighted by atomic mass is 9.76. The van der Waals surface area contributed by atoms with Crippen molar-refractivity contribution in [2.45, 2.75) is 45.4 Å². The predicted octanol–water partition coefficient (Wildman–Crippen LogP) is 3.21. The molecule has 0 radical (unpaired) electrons. The summed E-state index contributed by atoms with van der Waals surface area (Å²) in [6.07, 6.45) is 5.45. The van der Waals surface area contributed by atoms with Crippen molar-refractivity contribution in [2.75, 3.05) is 4.90 Å². The number of carbonyl (C=O) groups excluding carboxylic acids is 2. The minimum absolute atomic E-state index is 0.0194. The molecule has 1 saturated heterocycles. The summed E-state index contributed by atoms with van der Waals surface area (Å²) in [5, 5.41) is 0. The number of amides is 2. The lowest BCUT2D eigenvalue weighted by molar-refractivity contribution is -0.133. The zero-order chi connectivity index (χ0) is 13.5. The summed E-state index contributed by atoms with van der Waals surface area (Å²) >= 11 is 0. The van der Waals surface area contributed by atoms with Crippen LogP contribution in [0.5, 0.6) is 0 Å². The third-order valence-corrected chi connectivity index (χ3v) is 4.48. The second kappa shape index (κ2) is 4.48. The Morgan fingerprint density at radius 1 is 1.05 bits per heavy atom. The fraction of sp³-hybridized carbons (Fsp3) is 0.500. The number of anilines is 1. The number of piperidine rings is 1. The van der Waals surface area contributed by atoms with E-state index in [2.05, 4.69) is 0 Å². The number of benzene rings is 1. The maximum atomic E-state index is 12.4. The van der Waals surface area contributed by atoms with Crippen molar-refractivity contribution in [3.63, 3.8) is 0 Å². The maximum absolute atomic E-state index is 12.4. The normalized spacial score (nSPS) is 22.3. The zero-order valence-corrected chi connectivity index (χ0v) is 11.3. The summed E-state index contributed by atoms with van der Waals surface area (Å²) in [6, 6.07) is 7.61. The zero-order valence-electron chi connectivity index (χ0n) is 11.3. The Balaban J connectivity index is 1.88. The number of rotatable bonds is 1. The molecule has 1 aliphatic carbocycles. The van der Waals surface area contributed by atoms with Crippen LogP contribution in [0.15, 0.2) is 24.3 Å². The molecule has 1 aromatic rings. The summed E-state index contributed by atoms with van der Waals surface area (Å²) in [5.74, 6) is -0.0486. The lowest BCUT2D eigenvalue weighted by Crippen LogP contribution is -2.47. The molecule has 3 heteroatoms. The van der Waals surface area contributed by atoms with Gasteiger partial charge in [0.2, 0.25) is 11.8 Å². The topological polar surface area (TPSA) is 37.4 Å². The maximum Gasteiger partial charge on any atom is 0.234 e. The van der Waals surface area contributed by atoms with E-state index in [0.717, 1.165) is 36.9 Å². The highest BCUT2D eigenvalue weighted by Crippen LogP contribution is 2.47. The Bertz CT molecular complexity index is 509. The number of imide groups is 1. The van der Waals surface area contributed by atoms with Crippen LogP contribution in [0.2, 0.25) is 0 Å². The second-order valence-electron chi connectivity index (χ2n) is 6.02. The highest BCUT2D eigenvalue weighted by Gasteiger charge is 2.45. The van der Waals surface area contributed by atoms with Crippen LogP contribution in [0, 0.1) is 12.3 Å². The van der Waals surface area contributed by atoms with Crippen LogP contribution >= 0.6 is 0 Å². The van der Waals surface area contributed by atoms with Gasteiger partial charge >= 0.3 is 0 Å². The molecule has 0 aromatic heterocycles. The molecule has 0 unspecified atom stereocenters. The van der Waals surface area contributed by atoms with Gasteiger partial charge in [0.05, 0.1) is 5.69 Å². The van der Waals surface area contributed by atoms with Crippen LogP contribution in [0.25, 0.3) is 0 Å². The third kappa shape index (κ3) is 2.18. The first-order chi connectivity index (χ1) is 9.10. The molecule has 3 nitrogen and oxygen atoms in total. The summed E-state index contributed by atoms with van der Waals surface area (Å²) in [4.78, 5) is 26.2. The first-order valence-corrected chi connectivity index (χ1v) is 7.02. The molecule has 1 spiro atoms. The largest absolute Gasteiger partial charge is 0.274 e. The monoisotopic (exact) mass is 257 g/mol. The lowest BCUT2D eigenvalue weighted by Gasteiger charge is -2.37. The third-order valence-electron chi connectivity index (χ3n) is 4.48. The van der Waals surface area contributed by atoms with E-state index >= 15 is 0 Å². The van der Waals surface area contributed by atoms with E-state index in [-0.39, 0.29) is 17.2 Å². The van der Waals surface area contributed by atoms with E-state index in [0.29, 0.717) is 12.8 Å². The van der Waals surface area contributed by atoms with Crippen molar-refractivity contribution in [1.29, 1.82) is 0 Å². The molecule has 2 fully saturated rings. The molecule has 1 aliphatic heterocycles. The highest BCUT2D eigenvalue weighted by molar-refractivity contribution is 6.17. The van der Waals surface area contributed by atoms with Gasteiger partial charge in [-0.2, -0.15) is 0 Å². The summed E-state index contributed by atoms with van der Waals surface area (Å²) in [7, 11) is 0. The molecule has 1 saturated carbocycles. The van der Waals surface area contributed by atoms with Crippen molar-refractivity contribution in [1.82, 2.24) is 0 Å². The van der Waals surface area contributed by atoms with Gasteiger partial charge in [0, 0.05) is 12.8 Å². The Morgan fingerprint density at radius 2 is 1.68 bits per heavy atom. The van der Waals surface area contributed by atoms with Crippen LogP contribution in [0.1, 0.15) is 44.1 Å². The van der Waals surface area contributed by atoms with Crippen LogP contribution in [0.4, 0.5) is 5.69 Å². The van der Waals surface area contributed by atoms with E-state index in [1.165, 1.54) is 4.90 Å². The van der Waals surface area contributed by atoms with Crippen molar-refractivity contribution >= 4 is 17.5 Å². The van der Waals surface area contributed by atoms with E-state index in [1.807, 2.05) is 31.2 Å². The van der Waals surface area contributed by atoms with Gasteiger partial charge < -0.3 is 0 Å². The first-order valence-electron chi connectivity index (χ1n) is 7.02. The molecule has 2 aliphatic rings. The fourth-order valence-corrected chi connectivity index (χ4v) is 3.53. The van der Waals surface area contributed by atoms with Gasteiger partial charge in [0.25, 0.3) is 0 Å². The van der Waals surface area contributed by atoms with E-state index in [1.54, 1.807) is 0 Å². The average molecular weight is 257 g/mol. The molecule has 100 valence electrons. The Hall–Kier alpha value is -1.64. The van der Waals surface area contributed by atoms with Crippen LogP contribution in [-0.4, -0.2) is 11.8 Å². The molecule has 19 heavy (non-hydrogen) atoms. The fourth-order valence-electron chi connectivity index (χ4n) is 3.53. The summed E-state index contributed by atoms with van der Waals surface area (Å²) < 4.78 is 0. The molecule has 0 atom stereocenters. The predicted molar refractivity (Wildman–Crippen MR) is 73.8 cm³/mol. The van der Waals surface area contributed by atoms with Gasteiger partial charge in [0.15, 0.2) is 0 Å². The minimum Gasteiger partial charge on any atom is -0.274 e. The molecule has 2 amide bonds. The van der Waals surface area contributed by atoms with Crippen LogP contribution in [0.3, 0.4) is 0 Å². The highest BCUT2D eigenvalue weighted by atomic mass is 16.2. The average Bonchev–Trinajstić information content (AvgIpc) is 2.76. The Kier molecular flexibility index (Phi) is 2.92. The quantitative estimate of drug-likeness (QED) is 0.724. The SMILES string of the molecule is Cc1cccc(N2C(=O)CC3(CCCC3)CC2=O)c1. The van der Waals surface area contributed by atoms with Gasteiger partial charge in [-0.1, -0.05) is 25.0 Å². The first kappa shape index (κ1) is 12.4. The smallest absolute Gasteiger partial charge is 0.234 e. The molecule has 3 rings (SSSR count). The van der Waals surface area contributed by atoms with E-state index in [9.17, 15) is 9.59 Å². The standard InChI is InChI=1S/C16H19NO2/c1-12-5-4-6-13(9-12)17-14(18)10-16(11-15(17)19)7-2-3-8-16/h4-6,9H,2-3,7-8,10-11H2,1H3. The van der Waals surface area contributed by atoms with Crippen molar-refractivity contribution in [3.8, 4) is 0 Å². The van der Waals surface area contributed by atoms with Gasteiger partial charge in [-0.3, -0.25) is 14.5 Å². The van der Waals surface area contributed by atoms with E-state index < -0.39 is 0 Å². The Labute approximate surface area is 113 Å². The number of carbonyl (C=O) groups is 2. The van der Waals surface area contributed by atoms with Crippen molar-refractivity contribution in [3.05, 3.63) is 29.8 Å². The van der Waals surface area contributed by atoms with Gasteiger partial charge in [-0.05, 0) is 42.9 Å². The number of nitrogens with zero attached hydrogens (tertiary/aromatic N) is 1. The molecule has 1 aromatic carbocycles. The molecule has 1 heterocycles. The summed E-state index contributed by atoms with van der Waals surface area (Å²) in [5.41, 5.74) is 1.77. The molecular weight excluding hydrogens is 238 g/mol. The molecule has 0 N–H and O–H groups in total. The van der Waals surface area contributed by atoms with Crippen molar-refractivity contribution in [2.24, 2.45) is 5.41 Å². The number of hydrogen-bond donors (Lipinski definition) is 0. The Morgan fingerprint density at radius 3 is 2.26 bits per heavy atom. The summed E-state index contributed by atoms with van der Waals surface area (Å²) in [6.45, 7) is 1.97. The second-order valence-corrected chi connectivity index (χ2v) is 6.02. The van der Waals surface area contributed by atoms with Crippen LogP contribution < -0.4 is 4.90 Å². The molecular formula is C16H19NO2. The van der Waals surface area contributed by atoms with Crippen molar-refractivity contribution < 1.29 is 9.59 Å².